The number of carboxylic acids is 1. The third-order valence-corrected chi connectivity index (χ3v) is 3.22. The van der Waals surface area contributed by atoms with Crippen LogP contribution < -0.4 is 5.32 Å². The lowest BCUT2D eigenvalue weighted by Crippen LogP contribution is -2.39. The highest BCUT2D eigenvalue weighted by Gasteiger charge is 2.37. The molecule has 1 amide bonds. The fraction of sp³-hybridized carbons (Fsp3) is 0.400. The topological polar surface area (TPSA) is 90.2 Å². The van der Waals surface area contributed by atoms with Crippen molar-refractivity contribution in [3.63, 3.8) is 0 Å². The zero-order valence-electron chi connectivity index (χ0n) is 11.6. The Morgan fingerprint density at radius 2 is 2.00 bits per heavy atom. The second kappa shape index (κ2) is 6.71. The monoisotopic (exact) mass is 274 g/mol. The first-order chi connectivity index (χ1) is 9.40. The van der Waals surface area contributed by atoms with Gasteiger partial charge in [-0.25, -0.2) is 0 Å². The maximum Gasteiger partial charge on any atom is 0.314 e. The minimum Gasteiger partial charge on any atom is -0.481 e. The van der Waals surface area contributed by atoms with Gasteiger partial charge in [-0.1, -0.05) is 30.3 Å². The van der Waals surface area contributed by atoms with Crippen molar-refractivity contribution in [2.24, 2.45) is 5.92 Å². The lowest BCUT2D eigenvalue weighted by molar-refractivity contribution is -0.145. The van der Waals surface area contributed by atoms with Crippen LogP contribution in [0.2, 0.25) is 0 Å². The average Bonchev–Trinajstić information content (AvgIpc) is 2.45. The molecule has 2 unspecified atom stereocenters. The molecule has 1 aromatic rings. The van der Waals surface area contributed by atoms with E-state index in [1.165, 1.54) is 6.92 Å². The summed E-state index contributed by atoms with van der Waals surface area (Å²) in [4.78, 5) is 23.4. The van der Waals surface area contributed by atoms with Crippen LogP contribution in [0.4, 0.5) is 0 Å². The van der Waals surface area contributed by atoms with E-state index in [2.05, 4.69) is 5.32 Å². The molecule has 0 bridgehead atoms. The van der Waals surface area contributed by atoms with E-state index in [0.717, 1.165) is 0 Å². The van der Waals surface area contributed by atoms with Crippen LogP contribution in [0.3, 0.4) is 0 Å². The summed E-state index contributed by atoms with van der Waals surface area (Å²) in [7, 11) is 0. The molecule has 0 spiro atoms. The van der Waals surface area contributed by atoms with Crippen LogP contribution in [0.25, 0.3) is 0 Å². The van der Waals surface area contributed by atoms with Crippen molar-refractivity contribution in [1.29, 1.82) is 5.26 Å². The van der Waals surface area contributed by atoms with Gasteiger partial charge in [-0.3, -0.25) is 9.59 Å². The van der Waals surface area contributed by atoms with Crippen molar-refractivity contribution in [2.75, 3.05) is 6.54 Å². The Hall–Kier alpha value is -2.35. The van der Waals surface area contributed by atoms with Crippen molar-refractivity contribution in [3.05, 3.63) is 35.9 Å². The SMILES string of the molecule is CC(C#N)CNC(=O)CC(C)(C(=O)O)c1ccccc1. The van der Waals surface area contributed by atoms with Gasteiger partial charge < -0.3 is 10.4 Å². The summed E-state index contributed by atoms with van der Waals surface area (Å²) in [6, 6.07) is 10.7. The Labute approximate surface area is 118 Å². The number of amides is 1. The van der Waals surface area contributed by atoms with E-state index in [0.29, 0.717) is 5.56 Å². The highest BCUT2D eigenvalue weighted by molar-refractivity contribution is 5.89. The number of nitrogens with one attached hydrogen (secondary N) is 1. The number of nitriles is 1. The number of hydrogen-bond donors (Lipinski definition) is 2. The quantitative estimate of drug-likeness (QED) is 0.826. The van der Waals surface area contributed by atoms with Gasteiger partial charge in [0.2, 0.25) is 5.91 Å². The van der Waals surface area contributed by atoms with Gasteiger partial charge in [0.15, 0.2) is 0 Å². The molecule has 1 aromatic carbocycles. The Morgan fingerprint density at radius 3 is 2.50 bits per heavy atom. The van der Waals surface area contributed by atoms with Gasteiger partial charge in [0, 0.05) is 13.0 Å². The maximum absolute atomic E-state index is 11.9. The maximum atomic E-state index is 11.9. The molecule has 0 radical (unpaired) electrons. The first kappa shape index (κ1) is 15.7. The highest BCUT2D eigenvalue weighted by atomic mass is 16.4. The van der Waals surface area contributed by atoms with E-state index in [1.807, 2.05) is 6.07 Å². The molecule has 20 heavy (non-hydrogen) atoms. The molecule has 0 heterocycles. The summed E-state index contributed by atoms with van der Waals surface area (Å²) in [5.41, 5.74) is -0.697. The zero-order chi connectivity index (χ0) is 15.2. The molecular formula is C15H18N2O3. The number of aliphatic carboxylic acids is 1. The van der Waals surface area contributed by atoms with Crippen LogP contribution in [0, 0.1) is 17.2 Å². The molecule has 1 rings (SSSR count). The molecule has 0 saturated carbocycles. The number of hydrogen-bond acceptors (Lipinski definition) is 3. The fourth-order valence-corrected chi connectivity index (χ4v) is 1.80. The molecule has 0 aliphatic rings. The van der Waals surface area contributed by atoms with Gasteiger partial charge in [0.1, 0.15) is 0 Å². The smallest absolute Gasteiger partial charge is 0.314 e. The second-order valence-corrected chi connectivity index (χ2v) is 5.01. The molecule has 106 valence electrons. The van der Waals surface area contributed by atoms with Crippen molar-refractivity contribution in [2.45, 2.75) is 25.7 Å². The largest absolute Gasteiger partial charge is 0.481 e. The van der Waals surface area contributed by atoms with Gasteiger partial charge in [-0.2, -0.15) is 5.26 Å². The van der Waals surface area contributed by atoms with E-state index in [-0.39, 0.29) is 24.8 Å². The van der Waals surface area contributed by atoms with Gasteiger partial charge in [0.05, 0.1) is 17.4 Å². The highest BCUT2D eigenvalue weighted by Crippen LogP contribution is 2.27. The average molecular weight is 274 g/mol. The fourth-order valence-electron chi connectivity index (χ4n) is 1.80. The molecule has 0 aliphatic heterocycles. The van der Waals surface area contributed by atoms with Crippen LogP contribution in [0.1, 0.15) is 25.8 Å². The molecule has 0 fully saturated rings. The minimum absolute atomic E-state index is 0.162. The van der Waals surface area contributed by atoms with Gasteiger partial charge >= 0.3 is 5.97 Å². The van der Waals surface area contributed by atoms with E-state index in [4.69, 9.17) is 5.26 Å². The predicted octanol–water partition coefficient (Wildman–Crippen LogP) is 1.69. The normalized spacial score (nSPS) is 14.7. The van der Waals surface area contributed by atoms with Crippen molar-refractivity contribution < 1.29 is 14.7 Å². The van der Waals surface area contributed by atoms with Crippen LogP contribution in [-0.2, 0) is 15.0 Å². The Bertz CT molecular complexity index is 522. The number of carbonyl (C=O) groups excluding carboxylic acids is 1. The van der Waals surface area contributed by atoms with Gasteiger partial charge in [-0.05, 0) is 19.4 Å². The van der Waals surface area contributed by atoms with Gasteiger partial charge in [0.25, 0.3) is 0 Å². The minimum atomic E-state index is -1.28. The molecule has 5 heteroatoms. The summed E-state index contributed by atoms with van der Waals surface area (Å²) in [5.74, 6) is -1.72. The number of benzene rings is 1. The van der Waals surface area contributed by atoms with E-state index >= 15 is 0 Å². The summed E-state index contributed by atoms with van der Waals surface area (Å²) in [5, 5.41) is 20.7. The molecular weight excluding hydrogens is 256 g/mol. The van der Waals surface area contributed by atoms with E-state index < -0.39 is 11.4 Å². The summed E-state index contributed by atoms with van der Waals surface area (Å²) in [6.45, 7) is 3.44. The van der Waals surface area contributed by atoms with Crippen LogP contribution in [0.5, 0.6) is 0 Å². The lowest BCUT2D eigenvalue weighted by atomic mass is 9.79. The number of carbonyl (C=O) groups is 2. The first-order valence-corrected chi connectivity index (χ1v) is 6.35. The Kier molecular flexibility index (Phi) is 5.27. The first-order valence-electron chi connectivity index (χ1n) is 6.35. The second-order valence-electron chi connectivity index (χ2n) is 5.01. The summed E-state index contributed by atoms with van der Waals surface area (Å²) >= 11 is 0. The third-order valence-electron chi connectivity index (χ3n) is 3.22. The van der Waals surface area contributed by atoms with E-state index in [1.54, 1.807) is 37.3 Å². The van der Waals surface area contributed by atoms with Crippen LogP contribution in [-0.4, -0.2) is 23.5 Å². The third kappa shape index (κ3) is 3.82. The van der Waals surface area contributed by atoms with Crippen LogP contribution >= 0.6 is 0 Å². The summed E-state index contributed by atoms with van der Waals surface area (Å²) < 4.78 is 0. The van der Waals surface area contributed by atoms with E-state index in [9.17, 15) is 14.7 Å². The van der Waals surface area contributed by atoms with Gasteiger partial charge in [-0.15, -0.1) is 0 Å². The summed E-state index contributed by atoms with van der Waals surface area (Å²) in [6.07, 6.45) is -0.162. The van der Waals surface area contributed by atoms with Crippen LogP contribution in [0.15, 0.2) is 30.3 Å². The molecule has 2 N–H and O–H groups in total. The molecule has 0 aromatic heterocycles. The predicted molar refractivity (Wildman–Crippen MR) is 73.8 cm³/mol. The Morgan fingerprint density at radius 1 is 1.40 bits per heavy atom. The lowest BCUT2D eigenvalue weighted by Gasteiger charge is -2.24. The molecule has 0 aliphatic carbocycles. The molecule has 0 saturated heterocycles. The standard InChI is InChI=1S/C15H18N2O3/c1-11(9-16)10-17-13(18)8-15(2,14(19)20)12-6-4-3-5-7-12/h3-7,11H,8,10H2,1-2H3,(H,17,18)(H,19,20). The molecule has 5 nitrogen and oxygen atoms in total. The van der Waals surface area contributed by atoms with Crippen molar-refractivity contribution in [1.82, 2.24) is 5.32 Å². The zero-order valence-corrected chi connectivity index (χ0v) is 11.6. The number of carboxylic acid groups (broad SMARTS) is 1. The van der Waals surface area contributed by atoms with Crippen molar-refractivity contribution >= 4 is 11.9 Å². The van der Waals surface area contributed by atoms with Crippen molar-refractivity contribution in [3.8, 4) is 6.07 Å². The number of nitrogens with zero attached hydrogens (tertiary/aromatic N) is 1. The molecule has 2 atom stereocenters. The Balaban J connectivity index is 2.81. The number of rotatable bonds is 6.